The van der Waals surface area contributed by atoms with Gasteiger partial charge in [-0.3, -0.25) is 9.48 Å². The summed E-state index contributed by atoms with van der Waals surface area (Å²) in [6, 6.07) is 12.2. The van der Waals surface area contributed by atoms with Crippen LogP contribution < -0.4 is 5.32 Å². The van der Waals surface area contributed by atoms with Gasteiger partial charge in [-0.2, -0.15) is 5.10 Å². The van der Waals surface area contributed by atoms with E-state index >= 15 is 0 Å². The van der Waals surface area contributed by atoms with Crippen molar-refractivity contribution in [3.8, 4) is 0 Å². The maximum absolute atomic E-state index is 12.6. The van der Waals surface area contributed by atoms with Crippen molar-refractivity contribution in [3.05, 3.63) is 71.0 Å². The zero-order valence-corrected chi connectivity index (χ0v) is 14.9. The normalized spacial score (nSPS) is 11.1. The number of anilines is 1. The number of benzene rings is 1. The summed E-state index contributed by atoms with van der Waals surface area (Å²) in [5.41, 5.74) is 4.86. The molecule has 4 rings (SSSR count). The third-order valence-corrected chi connectivity index (χ3v) is 5.23. The van der Waals surface area contributed by atoms with Crippen LogP contribution in [0.1, 0.15) is 21.6 Å². The van der Waals surface area contributed by atoms with Gasteiger partial charge in [0.15, 0.2) is 0 Å². The zero-order chi connectivity index (χ0) is 17.4. The van der Waals surface area contributed by atoms with Gasteiger partial charge in [0.1, 0.15) is 5.69 Å². The number of hydrogen-bond acceptors (Lipinski definition) is 3. The maximum atomic E-state index is 12.6. The Bertz CT molecular complexity index is 1060. The standard InChI is InChI=1S/C19H18N4OS/c1-13-5-3-4-6-14(13)11-23-12-15(10-20-23)21-19(24)17-9-18-16(22(17)2)7-8-25-18/h3-10,12H,11H2,1-2H3,(H,21,24). The largest absolute Gasteiger partial charge is 0.339 e. The van der Waals surface area contributed by atoms with Crippen molar-refractivity contribution in [2.45, 2.75) is 13.5 Å². The van der Waals surface area contributed by atoms with Gasteiger partial charge in [0.25, 0.3) is 5.91 Å². The summed E-state index contributed by atoms with van der Waals surface area (Å²) in [4.78, 5) is 12.6. The Labute approximate surface area is 149 Å². The zero-order valence-electron chi connectivity index (χ0n) is 14.1. The van der Waals surface area contributed by atoms with E-state index in [1.807, 2.05) is 52.1 Å². The van der Waals surface area contributed by atoms with Crippen molar-refractivity contribution < 1.29 is 4.79 Å². The SMILES string of the molecule is Cc1ccccc1Cn1cc(NC(=O)c2cc3sccc3n2C)cn1. The van der Waals surface area contributed by atoms with Gasteiger partial charge in [0.2, 0.25) is 0 Å². The lowest BCUT2D eigenvalue weighted by Crippen LogP contribution is -2.15. The van der Waals surface area contributed by atoms with Crippen LogP contribution in [0, 0.1) is 6.92 Å². The average Bonchev–Trinajstić information content (AvgIpc) is 3.28. The monoisotopic (exact) mass is 350 g/mol. The molecule has 0 aliphatic heterocycles. The topological polar surface area (TPSA) is 51.9 Å². The molecule has 1 amide bonds. The number of carbonyl (C=O) groups is 1. The first-order valence-electron chi connectivity index (χ1n) is 8.03. The Kier molecular flexibility index (Phi) is 3.89. The third-order valence-electron chi connectivity index (χ3n) is 4.38. The lowest BCUT2D eigenvalue weighted by Gasteiger charge is -2.06. The van der Waals surface area contributed by atoms with Gasteiger partial charge < -0.3 is 9.88 Å². The summed E-state index contributed by atoms with van der Waals surface area (Å²) in [5, 5.41) is 9.31. The van der Waals surface area contributed by atoms with Crippen molar-refractivity contribution in [1.82, 2.24) is 14.3 Å². The molecular formula is C19H18N4OS. The number of fused-ring (bicyclic) bond motifs is 1. The van der Waals surface area contributed by atoms with E-state index < -0.39 is 0 Å². The fourth-order valence-corrected chi connectivity index (χ4v) is 3.79. The van der Waals surface area contributed by atoms with Crippen LogP contribution in [0.4, 0.5) is 5.69 Å². The minimum atomic E-state index is -0.124. The van der Waals surface area contributed by atoms with Gasteiger partial charge in [-0.1, -0.05) is 24.3 Å². The molecule has 126 valence electrons. The minimum Gasteiger partial charge on any atom is -0.339 e. The van der Waals surface area contributed by atoms with Crippen LogP contribution in [0.2, 0.25) is 0 Å². The van der Waals surface area contributed by atoms with E-state index in [9.17, 15) is 4.79 Å². The Morgan fingerprint density at radius 3 is 2.92 bits per heavy atom. The van der Waals surface area contributed by atoms with Crippen LogP contribution in [0.3, 0.4) is 0 Å². The van der Waals surface area contributed by atoms with Crippen LogP contribution in [-0.2, 0) is 13.6 Å². The molecule has 4 aromatic rings. The van der Waals surface area contributed by atoms with Crippen molar-refractivity contribution in [2.24, 2.45) is 7.05 Å². The number of rotatable bonds is 4. The molecule has 5 nitrogen and oxygen atoms in total. The van der Waals surface area contributed by atoms with Gasteiger partial charge in [0, 0.05) is 13.2 Å². The Morgan fingerprint density at radius 2 is 2.12 bits per heavy atom. The molecule has 3 aromatic heterocycles. The molecule has 0 aliphatic rings. The second-order valence-corrected chi connectivity index (χ2v) is 7.01. The van der Waals surface area contributed by atoms with E-state index in [0.29, 0.717) is 17.9 Å². The quantitative estimate of drug-likeness (QED) is 0.604. The summed E-state index contributed by atoms with van der Waals surface area (Å²) in [6.45, 7) is 2.77. The molecule has 3 heterocycles. The molecule has 1 aromatic carbocycles. The number of hydrogen-bond donors (Lipinski definition) is 1. The van der Waals surface area contributed by atoms with E-state index in [0.717, 1.165) is 10.2 Å². The summed E-state index contributed by atoms with van der Waals surface area (Å²) in [5.74, 6) is -0.124. The van der Waals surface area contributed by atoms with Crippen molar-refractivity contribution in [2.75, 3.05) is 5.32 Å². The van der Waals surface area contributed by atoms with E-state index in [2.05, 4.69) is 29.5 Å². The number of thiophene rings is 1. The van der Waals surface area contributed by atoms with Gasteiger partial charge in [-0.05, 0) is 35.6 Å². The summed E-state index contributed by atoms with van der Waals surface area (Å²) < 4.78 is 4.86. The van der Waals surface area contributed by atoms with Crippen LogP contribution in [0.5, 0.6) is 0 Å². The van der Waals surface area contributed by atoms with E-state index in [4.69, 9.17) is 0 Å². The predicted molar refractivity (Wildman–Crippen MR) is 101 cm³/mol. The van der Waals surface area contributed by atoms with Crippen LogP contribution >= 0.6 is 11.3 Å². The second-order valence-electron chi connectivity index (χ2n) is 6.07. The first kappa shape index (κ1) is 15.7. The van der Waals surface area contributed by atoms with Gasteiger partial charge in [-0.25, -0.2) is 0 Å². The van der Waals surface area contributed by atoms with Crippen LogP contribution in [-0.4, -0.2) is 20.3 Å². The van der Waals surface area contributed by atoms with Gasteiger partial charge in [-0.15, -0.1) is 11.3 Å². The van der Waals surface area contributed by atoms with E-state index in [1.54, 1.807) is 17.5 Å². The molecule has 0 saturated heterocycles. The third kappa shape index (κ3) is 2.96. The number of nitrogens with zero attached hydrogens (tertiary/aromatic N) is 3. The Morgan fingerprint density at radius 1 is 1.28 bits per heavy atom. The Hall–Kier alpha value is -2.86. The van der Waals surface area contributed by atoms with Crippen molar-refractivity contribution >= 4 is 33.1 Å². The number of aryl methyl sites for hydroxylation is 2. The van der Waals surface area contributed by atoms with Gasteiger partial charge >= 0.3 is 0 Å². The fraction of sp³-hybridized carbons (Fsp3) is 0.158. The van der Waals surface area contributed by atoms with Crippen molar-refractivity contribution in [3.63, 3.8) is 0 Å². The highest BCUT2D eigenvalue weighted by Gasteiger charge is 2.15. The predicted octanol–water partition coefficient (Wildman–Crippen LogP) is 4.05. The number of carbonyl (C=O) groups excluding carboxylic acids is 1. The van der Waals surface area contributed by atoms with E-state index in [1.165, 1.54) is 11.1 Å². The fourth-order valence-electron chi connectivity index (χ4n) is 2.94. The highest BCUT2D eigenvalue weighted by molar-refractivity contribution is 7.17. The first-order valence-corrected chi connectivity index (χ1v) is 8.91. The molecule has 0 radical (unpaired) electrons. The molecule has 1 N–H and O–H groups in total. The summed E-state index contributed by atoms with van der Waals surface area (Å²) >= 11 is 1.64. The molecule has 0 bridgehead atoms. The maximum Gasteiger partial charge on any atom is 0.272 e. The number of aromatic nitrogens is 3. The highest BCUT2D eigenvalue weighted by Crippen LogP contribution is 2.24. The lowest BCUT2D eigenvalue weighted by atomic mass is 10.1. The lowest BCUT2D eigenvalue weighted by molar-refractivity contribution is 0.102. The van der Waals surface area contributed by atoms with Crippen LogP contribution in [0.25, 0.3) is 10.2 Å². The first-order chi connectivity index (χ1) is 12.1. The molecule has 0 aliphatic carbocycles. The van der Waals surface area contributed by atoms with Crippen LogP contribution in [0.15, 0.2) is 54.2 Å². The van der Waals surface area contributed by atoms with E-state index in [-0.39, 0.29) is 5.91 Å². The number of nitrogens with one attached hydrogen (secondary N) is 1. The molecule has 25 heavy (non-hydrogen) atoms. The van der Waals surface area contributed by atoms with Gasteiger partial charge in [0.05, 0.1) is 28.6 Å². The molecular weight excluding hydrogens is 332 g/mol. The number of amides is 1. The van der Waals surface area contributed by atoms with Crippen molar-refractivity contribution in [1.29, 1.82) is 0 Å². The molecule has 0 atom stereocenters. The minimum absolute atomic E-state index is 0.124. The molecule has 0 fully saturated rings. The highest BCUT2D eigenvalue weighted by atomic mass is 32.1. The Balaban J connectivity index is 1.51. The molecule has 0 saturated carbocycles. The second kappa shape index (κ2) is 6.22. The molecule has 0 spiro atoms. The smallest absolute Gasteiger partial charge is 0.272 e. The summed E-state index contributed by atoms with van der Waals surface area (Å²) in [6.07, 6.45) is 3.54. The average molecular weight is 350 g/mol. The molecule has 6 heteroatoms. The molecule has 0 unspecified atom stereocenters. The summed E-state index contributed by atoms with van der Waals surface area (Å²) in [7, 11) is 1.91.